The van der Waals surface area contributed by atoms with Crippen molar-refractivity contribution in [1.82, 2.24) is 0 Å². The Hall–Kier alpha value is -0.860. The van der Waals surface area contributed by atoms with Gasteiger partial charge in [-0.05, 0) is 19.3 Å². The maximum absolute atomic E-state index is 11.3. The summed E-state index contributed by atoms with van der Waals surface area (Å²) in [5.41, 5.74) is 0. The van der Waals surface area contributed by atoms with Gasteiger partial charge >= 0.3 is 5.97 Å². The molecule has 0 heterocycles. The van der Waals surface area contributed by atoms with E-state index < -0.39 is 0 Å². The lowest BCUT2D eigenvalue weighted by Crippen LogP contribution is -2.20. The van der Waals surface area contributed by atoms with Crippen molar-refractivity contribution in [3.05, 3.63) is 0 Å². The molecule has 1 aliphatic rings. The highest BCUT2D eigenvalue weighted by Gasteiger charge is 2.21. The molecule has 13 heavy (non-hydrogen) atoms. The molecule has 0 saturated heterocycles. The molecule has 1 atom stereocenters. The van der Waals surface area contributed by atoms with E-state index in [9.17, 15) is 9.59 Å². The number of hydrogen-bond donors (Lipinski definition) is 0. The lowest BCUT2D eigenvalue weighted by molar-refractivity contribution is -0.142. The van der Waals surface area contributed by atoms with Crippen LogP contribution in [0.25, 0.3) is 0 Å². The van der Waals surface area contributed by atoms with Crippen LogP contribution in [0.5, 0.6) is 0 Å². The summed E-state index contributed by atoms with van der Waals surface area (Å²) in [5, 5.41) is 0. The molecule has 3 nitrogen and oxygen atoms in total. The van der Waals surface area contributed by atoms with Crippen molar-refractivity contribution in [1.29, 1.82) is 0 Å². The predicted molar refractivity (Wildman–Crippen MR) is 48.2 cm³/mol. The van der Waals surface area contributed by atoms with Crippen LogP contribution < -0.4 is 0 Å². The highest BCUT2D eigenvalue weighted by Crippen LogP contribution is 2.23. The molecule has 0 N–H and O–H groups in total. The van der Waals surface area contributed by atoms with Gasteiger partial charge in [-0.2, -0.15) is 0 Å². The Kier molecular flexibility index (Phi) is 3.93. The Balaban J connectivity index is 2.19. The van der Waals surface area contributed by atoms with E-state index >= 15 is 0 Å². The largest absolute Gasteiger partial charge is 0.466 e. The van der Waals surface area contributed by atoms with Crippen LogP contribution >= 0.6 is 0 Å². The number of Topliss-reactive ketones (excluding diaryl/α,β-unsaturated/α-hetero) is 1. The van der Waals surface area contributed by atoms with Gasteiger partial charge in [-0.1, -0.05) is 6.42 Å². The van der Waals surface area contributed by atoms with E-state index in [0.717, 1.165) is 19.3 Å². The van der Waals surface area contributed by atoms with Crippen LogP contribution in [0.1, 0.15) is 39.0 Å². The Labute approximate surface area is 78.5 Å². The number of esters is 1. The normalized spacial score (nSPS) is 22.8. The van der Waals surface area contributed by atoms with Crippen LogP contribution in [0.4, 0.5) is 0 Å². The van der Waals surface area contributed by atoms with Crippen LogP contribution in [0, 0.1) is 5.92 Å². The van der Waals surface area contributed by atoms with Crippen molar-refractivity contribution in [2.75, 3.05) is 6.61 Å². The fraction of sp³-hybridized carbons (Fsp3) is 0.800. The van der Waals surface area contributed by atoms with Crippen LogP contribution in [-0.2, 0) is 14.3 Å². The van der Waals surface area contributed by atoms with E-state index in [2.05, 4.69) is 0 Å². The fourth-order valence-electron chi connectivity index (χ4n) is 1.71. The SMILES string of the molecule is CC(=O)OCC[C@@H]1CCCCC1=O. The highest BCUT2D eigenvalue weighted by molar-refractivity contribution is 5.81. The monoisotopic (exact) mass is 184 g/mol. The summed E-state index contributed by atoms with van der Waals surface area (Å²) in [6, 6.07) is 0. The molecule has 0 aromatic carbocycles. The highest BCUT2D eigenvalue weighted by atomic mass is 16.5. The van der Waals surface area contributed by atoms with E-state index in [-0.39, 0.29) is 11.9 Å². The lowest BCUT2D eigenvalue weighted by atomic mass is 9.86. The smallest absolute Gasteiger partial charge is 0.302 e. The number of carbonyl (C=O) groups is 2. The Morgan fingerprint density at radius 3 is 2.92 bits per heavy atom. The maximum Gasteiger partial charge on any atom is 0.302 e. The first-order valence-corrected chi connectivity index (χ1v) is 4.86. The van der Waals surface area contributed by atoms with Gasteiger partial charge in [-0.15, -0.1) is 0 Å². The average molecular weight is 184 g/mol. The Bertz CT molecular complexity index is 198. The summed E-state index contributed by atoms with van der Waals surface area (Å²) in [7, 11) is 0. The third-order valence-corrected chi connectivity index (χ3v) is 2.45. The second kappa shape index (κ2) is 5.00. The third kappa shape index (κ3) is 3.57. The second-order valence-electron chi connectivity index (χ2n) is 3.54. The number of carbonyl (C=O) groups excluding carboxylic acids is 2. The van der Waals surface area contributed by atoms with Crippen LogP contribution in [-0.4, -0.2) is 18.4 Å². The van der Waals surface area contributed by atoms with Crippen LogP contribution in [0.3, 0.4) is 0 Å². The number of ether oxygens (including phenoxy) is 1. The van der Waals surface area contributed by atoms with Gasteiger partial charge < -0.3 is 4.74 Å². The Morgan fingerprint density at radius 2 is 2.31 bits per heavy atom. The van der Waals surface area contributed by atoms with Crippen molar-refractivity contribution in [3.63, 3.8) is 0 Å². The van der Waals surface area contributed by atoms with Crippen molar-refractivity contribution < 1.29 is 14.3 Å². The van der Waals surface area contributed by atoms with E-state index in [1.807, 2.05) is 0 Å². The van der Waals surface area contributed by atoms with Gasteiger partial charge in [-0.25, -0.2) is 0 Å². The molecule has 0 aromatic rings. The molecule has 0 bridgehead atoms. The topological polar surface area (TPSA) is 43.4 Å². The molecule has 0 aromatic heterocycles. The summed E-state index contributed by atoms with van der Waals surface area (Å²) < 4.78 is 4.80. The van der Waals surface area contributed by atoms with Crippen LogP contribution in [0.15, 0.2) is 0 Å². The zero-order valence-electron chi connectivity index (χ0n) is 8.04. The molecular formula is C10H16O3. The van der Waals surface area contributed by atoms with Gasteiger partial charge in [0.1, 0.15) is 5.78 Å². The molecular weight excluding hydrogens is 168 g/mol. The zero-order valence-corrected chi connectivity index (χ0v) is 8.04. The minimum absolute atomic E-state index is 0.146. The Morgan fingerprint density at radius 1 is 1.54 bits per heavy atom. The van der Waals surface area contributed by atoms with Crippen molar-refractivity contribution in [2.45, 2.75) is 39.0 Å². The summed E-state index contributed by atoms with van der Waals surface area (Å²) in [6.45, 7) is 1.79. The van der Waals surface area contributed by atoms with E-state index in [4.69, 9.17) is 4.74 Å². The molecule has 74 valence electrons. The minimum Gasteiger partial charge on any atom is -0.466 e. The van der Waals surface area contributed by atoms with Gasteiger partial charge in [0.25, 0.3) is 0 Å². The summed E-state index contributed by atoms with van der Waals surface area (Å²) in [4.78, 5) is 21.8. The first-order valence-electron chi connectivity index (χ1n) is 4.86. The van der Waals surface area contributed by atoms with Crippen molar-refractivity contribution in [3.8, 4) is 0 Å². The second-order valence-corrected chi connectivity index (χ2v) is 3.54. The maximum atomic E-state index is 11.3. The summed E-state index contributed by atoms with van der Waals surface area (Å²) in [5.74, 6) is 0.231. The van der Waals surface area contributed by atoms with Crippen LogP contribution in [0.2, 0.25) is 0 Å². The third-order valence-electron chi connectivity index (χ3n) is 2.45. The number of rotatable bonds is 3. The van der Waals surface area contributed by atoms with E-state index in [1.54, 1.807) is 0 Å². The molecule has 0 amide bonds. The molecule has 0 aliphatic heterocycles. The molecule has 0 radical (unpaired) electrons. The molecule has 1 aliphatic carbocycles. The average Bonchev–Trinajstić information content (AvgIpc) is 2.08. The van der Waals surface area contributed by atoms with Gasteiger partial charge in [0.05, 0.1) is 6.61 Å². The van der Waals surface area contributed by atoms with Gasteiger partial charge in [0.2, 0.25) is 0 Å². The predicted octanol–water partition coefficient (Wildman–Crippen LogP) is 1.70. The molecule has 3 heteroatoms. The van der Waals surface area contributed by atoms with E-state index in [1.165, 1.54) is 6.92 Å². The minimum atomic E-state index is -0.261. The first-order chi connectivity index (χ1) is 6.20. The molecule has 1 fully saturated rings. The van der Waals surface area contributed by atoms with Gasteiger partial charge in [0.15, 0.2) is 0 Å². The number of ketones is 1. The molecule has 1 rings (SSSR count). The fourth-order valence-corrected chi connectivity index (χ4v) is 1.71. The summed E-state index contributed by atoms with van der Waals surface area (Å²) >= 11 is 0. The number of hydrogen-bond acceptors (Lipinski definition) is 3. The lowest BCUT2D eigenvalue weighted by Gasteiger charge is -2.19. The van der Waals surface area contributed by atoms with Gasteiger partial charge in [0, 0.05) is 19.3 Å². The van der Waals surface area contributed by atoms with Crippen molar-refractivity contribution in [2.24, 2.45) is 5.92 Å². The summed E-state index contributed by atoms with van der Waals surface area (Å²) in [6.07, 6.45) is 4.56. The molecule has 0 spiro atoms. The van der Waals surface area contributed by atoms with Gasteiger partial charge in [-0.3, -0.25) is 9.59 Å². The molecule has 1 saturated carbocycles. The molecule has 0 unspecified atom stereocenters. The first kappa shape index (κ1) is 10.2. The van der Waals surface area contributed by atoms with E-state index in [0.29, 0.717) is 25.2 Å². The standard InChI is InChI=1S/C10H16O3/c1-8(11)13-7-6-9-4-2-3-5-10(9)12/h9H,2-7H2,1H3/t9-/m0/s1. The van der Waals surface area contributed by atoms with Crippen molar-refractivity contribution >= 4 is 11.8 Å². The quantitative estimate of drug-likeness (QED) is 0.627. The zero-order chi connectivity index (χ0) is 9.68.